The van der Waals surface area contributed by atoms with Gasteiger partial charge in [-0.1, -0.05) is 0 Å². The van der Waals surface area contributed by atoms with E-state index in [1.54, 1.807) is 0 Å². The maximum absolute atomic E-state index is 12.5. The van der Waals surface area contributed by atoms with Gasteiger partial charge in [-0.15, -0.1) is 0 Å². The first-order valence-electron chi connectivity index (χ1n) is 9.28. The number of amides is 1. The minimum absolute atomic E-state index is 0.103. The molecule has 1 N–H and O–H groups in total. The summed E-state index contributed by atoms with van der Waals surface area (Å²) in [6.45, 7) is 6.63. The highest BCUT2D eigenvalue weighted by Gasteiger charge is 2.28. The van der Waals surface area contributed by atoms with Gasteiger partial charge in [-0.3, -0.25) is 4.79 Å². The molecule has 2 saturated heterocycles. The number of aromatic nitrogens is 2. The van der Waals surface area contributed by atoms with Crippen LogP contribution in [0, 0.1) is 6.92 Å². The summed E-state index contributed by atoms with van der Waals surface area (Å²) < 4.78 is 11.2. The van der Waals surface area contributed by atoms with Gasteiger partial charge in [0, 0.05) is 31.8 Å². The predicted octanol–water partition coefficient (Wildman–Crippen LogP) is 2.16. The molecular formula is C18H28N4O3. The number of hydrogen-bond acceptors (Lipinski definition) is 6. The summed E-state index contributed by atoms with van der Waals surface area (Å²) in [5.41, 5.74) is 0. The standard InChI is InChI=1S/C18H28N4O3/c1-3-24-17-11-16(19-13(2)20-17)21-14-7-8-22(12-14)18(23)10-15-6-4-5-9-25-15/h11,14-15H,3-10,12H2,1-2H3,(H,19,20,21)/t14-,15?/m0/s1. The average Bonchev–Trinajstić information content (AvgIpc) is 3.04. The monoisotopic (exact) mass is 348 g/mol. The second-order valence-electron chi connectivity index (χ2n) is 6.73. The lowest BCUT2D eigenvalue weighted by molar-refractivity contribution is -0.134. The van der Waals surface area contributed by atoms with E-state index >= 15 is 0 Å². The minimum Gasteiger partial charge on any atom is -0.478 e. The second kappa shape index (κ2) is 8.47. The van der Waals surface area contributed by atoms with Gasteiger partial charge < -0.3 is 19.7 Å². The summed E-state index contributed by atoms with van der Waals surface area (Å²) in [6.07, 6.45) is 4.81. The molecule has 25 heavy (non-hydrogen) atoms. The maximum atomic E-state index is 12.5. The van der Waals surface area contributed by atoms with Crippen molar-refractivity contribution < 1.29 is 14.3 Å². The molecule has 1 unspecified atom stereocenters. The van der Waals surface area contributed by atoms with Crippen molar-refractivity contribution in [1.82, 2.24) is 14.9 Å². The Kier molecular flexibility index (Phi) is 6.07. The lowest BCUT2D eigenvalue weighted by atomic mass is 10.1. The van der Waals surface area contributed by atoms with Gasteiger partial charge in [-0.05, 0) is 39.5 Å². The van der Waals surface area contributed by atoms with E-state index in [0.717, 1.165) is 44.7 Å². The number of aryl methyl sites for hydroxylation is 1. The van der Waals surface area contributed by atoms with Crippen molar-refractivity contribution in [2.45, 2.75) is 58.1 Å². The van der Waals surface area contributed by atoms with E-state index in [2.05, 4.69) is 15.3 Å². The van der Waals surface area contributed by atoms with Gasteiger partial charge >= 0.3 is 0 Å². The molecule has 0 bridgehead atoms. The Bertz CT molecular complexity index is 590. The summed E-state index contributed by atoms with van der Waals surface area (Å²) in [7, 11) is 0. The van der Waals surface area contributed by atoms with Gasteiger partial charge in [-0.25, -0.2) is 4.98 Å². The van der Waals surface area contributed by atoms with Crippen LogP contribution in [-0.4, -0.2) is 59.2 Å². The Labute approximate surface area is 149 Å². The van der Waals surface area contributed by atoms with Crippen molar-refractivity contribution >= 4 is 11.7 Å². The lowest BCUT2D eigenvalue weighted by Crippen LogP contribution is -2.35. The van der Waals surface area contributed by atoms with Gasteiger partial charge in [0.15, 0.2) is 0 Å². The topological polar surface area (TPSA) is 76.6 Å². The molecule has 0 saturated carbocycles. The molecule has 3 rings (SSSR count). The minimum atomic E-state index is 0.103. The maximum Gasteiger partial charge on any atom is 0.225 e. The zero-order valence-corrected chi connectivity index (χ0v) is 15.2. The van der Waals surface area contributed by atoms with E-state index in [0.29, 0.717) is 31.3 Å². The Morgan fingerprint density at radius 1 is 1.40 bits per heavy atom. The Morgan fingerprint density at radius 2 is 2.28 bits per heavy atom. The lowest BCUT2D eigenvalue weighted by Gasteiger charge is -2.24. The molecule has 1 amide bonds. The fraction of sp³-hybridized carbons (Fsp3) is 0.722. The zero-order valence-electron chi connectivity index (χ0n) is 15.2. The molecule has 0 aromatic carbocycles. The van der Waals surface area contributed by atoms with Crippen molar-refractivity contribution in [2.24, 2.45) is 0 Å². The van der Waals surface area contributed by atoms with Crippen molar-refractivity contribution in [3.05, 3.63) is 11.9 Å². The molecule has 2 atom stereocenters. The van der Waals surface area contributed by atoms with Gasteiger partial charge in [0.05, 0.1) is 19.1 Å². The third-order valence-corrected chi connectivity index (χ3v) is 4.68. The van der Waals surface area contributed by atoms with E-state index in [1.807, 2.05) is 24.8 Å². The number of rotatable bonds is 6. The molecule has 138 valence electrons. The Balaban J connectivity index is 1.51. The highest BCUT2D eigenvalue weighted by atomic mass is 16.5. The normalized spacial score (nSPS) is 23.5. The van der Waals surface area contributed by atoms with Crippen LogP contribution < -0.4 is 10.1 Å². The number of likely N-dealkylation sites (tertiary alicyclic amines) is 1. The summed E-state index contributed by atoms with van der Waals surface area (Å²) in [6, 6.07) is 2.02. The Hall–Kier alpha value is -1.89. The molecule has 3 heterocycles. The van der Waals surface area contributed by atoms with Crippen LogP contribution in [0.15, 0.2) is 6.07 Å². The number of carbonyl (C=O) groups is 1. The predicted molar refractivity (Wildman–Crippen MR) is 94.8 cm³/mol. The van der Waals surface area contributed by atoms with Crippen molar-refractivity contribution in [1.29, 1.82) is 0 Å². The van der Waals surface area contributed by atoms with E-state index in [-0.39, 0.29) is 18.1 Å². The molecule has 7 nitrogen and oxygen atoms in total. The van der Waals surface area contributed by atoms with E-state index < -0.39 is 0 Å². The van der Waals surface area contributed by atoms with Crippen LogP contribution >= 0.6 is 0 Å². The van der Waals surface area contributed by atoms with Crippen molar-refractivity contribution in [3.63, 3.8) is 0 Å². The van der Waals surface area contributed by atoms with Crippen LogP contribution in [0.1, 0.15) is 44.9 Å². The quantitative estimate of drug-likeness (QED) is 0.849. The van der Waals surface area contributed by atoms with Crippen LogP contribution in [0.2, 0.25) is 0 Å². The molecule has 0 radical (unpaired) electrons. The molecule has 0 aliphatic carbocycles. The number of carbonyl (C=O) groups excluding carboxylic acids is 1. The third-order valence-electron chi connectivity index (χ3n) is 4.68. The third kappa shape index (κ3) is 5.04. The molecule has 1 aromatic rings. The highest BCUT2D eigenvalue weighted by Crippen LogP contribution is 2.21. The molecule has 0 spiro atoms. The summed E-state index contributed by atoms with van der Waals surface area (Å²) >= 11 is 0. The molecule has 2 aliphatic rings. The average molecular weight is 348 g/mol. The van der Waals surface area contributed by atoms with Gasteiger partial charge in [0.2, 0.25) is 11.8 Å². The van der Waals surface area contributed by atoms with Crippen LogP contribution in [-0.2, 0) is 9.53 Å². The number of hydrogen-bond donors (Lipinski definition) is 1. The molecule has 7 heteroatoms. The number of nitrogens with zero attached hydrogens (tertiary/aromatic N) is 3. The van der Waals surface area contributed by atoms with Gasteiger partial charge in [-0.2, -0.15) is 4.98 Å². The fourth-order valence-corrected chi connectivity index (χ4v) is 3.44. The van der Waals surface area contributed by atoms with Crippen LogP contribution in [0.5, 0.6) is 5.88 Å². The number of ether oxygens (including phenoxy) is 2. The molecule has 1 aromatic heterocycles. The zero-order chi connectivity index (χ0) is 17.6. The Morgan fingerprint density at radius 3 is 3.04 bits per heavy atom. The fourth-order valence-electron chi connectivity index (χ4n) is 3.44. The number of anilines is 1. The largest absolute Gasteiger partial charge is 0.478 e. The van der Waals surface area contributed by atoms with Gasteiger partial charge in [0.25, 0.3) is 0 Å². The summed E-state index contributed by atoms with van der Waals surface area (Å²) in [5, 5.41) is 3.41. The smallest absolute Gasteiger partial charge is 0.225 e. The van der Waals surface area contributed by atoms with Crippen molar-refractivity contribution in [2.75, 3.05) is 31.6 Å². The SMILES string of the molecule is CCOc1cc(N[C@H]2CCN(C(=O)CC3CCCCO3)C2)nc(C)n1. The van der Waals surface area contributed by atoms with E-state index in [9.17, 15) is 4.79 Å². The van der Waals surface area contributed by atoms with Crippen LogP contribution in [0.4, 0.5) is 5.82 Å². The molecular weight excluding hydrogens is 320 g/mol. The first kappa shape index (κ1) is 17.9. The van der Waals surface area contributed by atoms with Gasteiger partial charge in [0.1, 0.15) is 11.6 Å². The van der Waals surface area contributed by atoms with E-state index in [1.165, 1.54) is 0 Å². The van der Waals surface area contributed by atoms with Crippen LogP contribution in [0.3, 0.4) is 0 Å². The molecule has 2 aliphatic heterocycles. The second-order valence-corrected chi connectivity index (χ2v) is 6.73. The summed E-state index contributed by atoms with van der Waals surface area (Å²) in [5.74, 6) is 2.21. The van der Waals surface area contributed by atoms with E-state index in [4.69, 9.17) is 9.47 Å². The van der Waals surface area contributed by atoms with Crippen molar-refractivity contribution in [3.8, 4) is 5.88 Å². The first-order valence-corrected chi connectivity index (χ1v) is 9.28. The van der Waals surface area contributed by atoms with Crippen LogP contribution in [0.25, 0.3) is 0 Å². The number of nitrogens with one attached hydrogen (secondary N) is 1. The molecule has 2 fully saturated rings. The summed E-state index contributed by atoms with van der Waals surface area (Å²) in [4.78, 5) is 23.1. The highest BCUT2D eigenvalue weighted by molar-refractivity contribution is 5.77. The first-order chi connectivity index (χ1) is 12.1.